The number of aromatic nitrogens is 1. The number of phenols is 1. The molecule has 1 aromatic heterocycles. The van der Waals surface area contributed by atoms with E-state index in [1.54, 1.807) is 36.6 Å². The molecule has 2 heterocycles. The lowest BCUT2D eigenvalue weighted by atomic mass is 9.96. The second kappa shape index (κ2) is 10.0. The zero-order chi connectivity index (χ0) is 24.6. The average molecular weight is 655 g/mol. The normalized spacial score (nSPS) is 15.7. The van der Waals surface area contributed by atoms with Crippen molar-refractivity contribution in [1.82, 2.24) is 4.57 Å². The number of allylic oxidation sites excluding steroid dienone is 1. The number of fused-ring (bicyclic) bond motifs is 1. The first-order valence-electron chi connectivity index (χ1n) is 10.3. The van der Waals surface area contributed by atoms with Crippen molar-refractivity contribution in [3.05, 3.63) is 86.5 Å². The summed E-state index contributed by atoms with van der Waals surface area (Å²) in [4.78, 5) is 31.6. The molecule has 0 saturated carbocycles. The van der Waals surface area contributed by atoms with Crippen LogP contribution in [-0.4, -0.2) is 29.4 Å². The van der Waals surface area contributed by atoms with Crippen molar-refractivity contribution in [2.45, 2.75) is 19.9 Å². The molecule has 2 aromatic carbocycles. The van der Waals surface area contributed by atoms with Crippen LogP contribution in [0.25, 0.3) is 6.08 Å². The lowest BCUT2D eigenvalue weighted by Crippen LogP contribution is -2.39. The molecular weight excluding hydrogens is 635 g/mol. The Balaban J connectivity index is 1.95. The summed E-state index contributed by atoms with van der Waals surface area (Å²) in [6.07, 6.45) is 1.73. The molecular formula is C24H20BrIN2O5S. The molecule has 0 radical (unpaired) electrons. The Morgan fingerprint density at radius 2 is 2.03 bits per heavy atom. The van der Waals surface area contributed by atoms with E-state index in [1.165, 1.54) is 18.4 Å². The summed E-state index contributed by atoms with van der Waals surface area (Å²) in [7, 11) is 1.47. The molecule has 4 rings (SSSR count). The topological polar surface area (TPSA) is 90.1 Å². The van der Waals surface area contributed by atoms with Gasteiger partial charge in [0.15, 0.2) is 16.3 Å². The van der Waals surface area contributed by atoms with E-state index < -0.39 is 12.0 Å². The van der Waals surface area contributed by atoms with Gasteiger partial charge in [0.05, 0.1) is 39.1 Å². The number of esters is 1. The van der Waals surface area contributed by atoms with Crippen molar-refractivity contribution in [2.24, 2.45) is 4.99 Å². The van der Waals surface area contributed by atoms with Gasteiger partial charge >= 0.3 is 5.97 Å². The molecule has 34 heavy (non-hydrogen) atoms. The number of rotatable bonds is 5. The van der Waals surface area contributed by atoms with E-state index in [1.807, 2.05) is 46.9 Å². The lowest BCUT2D eigenvalue weighted by Gasteiger charge is -2.24. The highest BCUT2D eigenvalue weighted by atomic mass is 127. The fraction of sp³-hybridized carbons (Fsp3) is 0.208. The molecule has 0 aliphatic carbocycles. The minimum Gasteiger partial charge on any atom is -0.504 e. The second-order valence-corrected chi connectivity index (χ2v) is 10.5. The average Bonchev–Trinajstić information content (AvgIpc) is 3.10. The zero-order valence-electron chi connectivity index (χ0n) is 18.5. The maximum atomic E-state index is 13.6. The van der Waals surface area contributed by atoms with Gasteiger partial charge in [-0.15, -0.1) is 0 Å². The van der Waals surface area contributed by atoms with Crippen molar-refractivity contribution < 1.29 is 19.4 Å². The van der Waals surface area contributed by atoms with Gasteiger partial charge in [-0.1, -0.05) is 39.4 Å². The van der Waals surface area contributed by atoms with Crippen molar-refractivity contribution in [1.29, 1.82) is 0 Å². The minimum absolute atomic E-state index is 0.0478. The van der Waals surface area contributed by atoms with Crippen molar-refractivity contribution in [2.75, 3.05) is 13.7 Å². The first-order chi connectivity index (χ1) is 16.2. The molecule has 0 fully saturated rings. The number of benzene rings is 2. The van der Waals surface area contributed by atoms with Crippen molar-refractivity contribution >= 4 is 61.9 Å². The molecule has 1 atom stereocenters. The van der Waals surface area contributed by atoms with Gasteiger partial charge in [0.1, 0.15) is 0 Å². The van der Waals surface area contributed by atoms with Crippen LogP contribution in [0.5, 0.6) is 11.5 Å². The van der Waals surface area contributed by atoms with Crippen LogP contribution in [0.3, 0.4) is 0 Å². The van der Waals surface area contributed by atoms with Gasteiger partial charge in [-0.3, -0.25) is 9.36 Å². The third-order valence-corrected chi connectivity index (χ3v) is 7.61. The third kappa shape index (κ3) is 4.58. The van der Waals surface area contributed by atoms with Crippen LogP contribution >= 0.6 is 49.9 Å². The maximum absolute atomic E-state index is 13.6. The highest BCUT2D eigenvalue weighted by molar-refractivity contribution is 14.1. The van der Waals surface area contributed by atoms with Crippen LogP contribution in [0.15, 0.2) is 61.9 Å². The molecule has 0 unspecified atom stereocenters. The molecule has 7 nitrogen and oxygen atoms in total. The monoisotopic (exact) mass is 654 g/mol. The highest BCUT2D eigenvalue weighted by Gasteiger charge is 2.33. The number of halogens is 2. The minimum atomic E-state index is -0.667. The molecule has 0 bridgehead atoms. The molecule has 176 valence electrons. The van der Waals surface area contributed by atoms with Crippen LogP contribution in [0, 0.1) is 3.57 Å². The number of carbonyl (C=O) groups excluding carboxylic acids is 1. The van der Waals surface area contributed by atoms with Crippen molar-refractivity contribution in [3.8, 4) is 11.5 Å². The van der Waals surface area contributed by atoms with E-state index in [4.69, 9.17) is 9.47 Å². The third-order valence-electron chi connectivity index (χ3n) is 5.27. The quantitative estimate of drug-likeness (QED) is 0.333. The standard InChI is InChI=1S/C24H20BrIN2O5S/c1-4-33-23(31)19-12(2)27-24-28(20(19)14-5-7-15(25)8-6-14)22(30)18(34-24)11-13-9-16(26)21(29)17(10-13)32-3/h5-11,20,29H,4H2,1-3H3/b18-11+/t20-/m1/s1. The second-order valence-electron chi connectivity index (χ2n) is 7.41. The van der Waals surface area contributed by atoms with Crippen LogP contribution in [0.2, 0.25) is 0 Å². The number of thiazole rings is 1. The van der Waals surface area contributed by atoms with Gasteiger partial charge in [-0.05, 0) is 77.9 Å². The SMILES string of the molecule is CCOC(=O)C1=C(C)N=c2s/c(=C/c3cc(I)c(O)c(OC)c3)c(=O)n2[C@@H]1c1ccc(Br)cc1. The molecule has 10 heteroatoms. The molecule has 1 aliphatic heterocycles. The summed E-state index contributed by atoms with van der Waals surface area (Å²) in [6.45, 7) is 3.71. The summed E-state index contributed by atoms with van der Waals surface area (Å²) >= 11 is 6.69. The number of hydrogen-bond donors (Lipinski definition) is 1. The van der Waals surface area contributed by atoms with Gasteiger partial charge in [-0.2, -0.15) is 0 Å². The number of ether oxygens (including phenoxy) is 2. The summed E-state index contributed by atoms with van der Waals surface area (Å²) < 4.78 is 14.0. The van der Waals surface area contributed by atoms with Gasteiger partial charge < -0.3 is 14.6 Å². The fourth-order valence-electron chi connectivity index (χ4n) is 3.74. The van der Waals surface area contributed by atoms with Gasteiger partial charge in [0.2, 0.25) is 0 Å². The number of hydrogen-bond acceptors (Lipinski definition) is 7. The van der Waals surface area contributed by atoms with E-state index in [0.717, 1.165) is 10.0 Å². The number of aromatic hydroxyl groups is 1. The van der Waals surface area contributed by atoms with E-state index in [2.05, 4.69) is 20.9 Å². The van der Waals surface area contributed by atoms with E-state index in [-0.39, 0.29) is 17.9 Å². The summed E-state index contributed by atoms with van der Waals surface area (Å²) in [5, 5.41) is 10.1. The molecule has 3 aromatic rings. The summed E-state index contributed by atoms with van der Waals surface area (Å²) in [5.74, 6) is -0.130. The Kier molecular flexibility index (Phi) is 7.29. The van der Waals surface area contributed by atoms with E-state index in [0.29, 0.717) is 35.5 Å². The van der Waals surface area contributed by atoms with E-state index in [9.17, 15) is 14.7 Å². The number of methoxy groups -OCH3 is 1. The Morgan fingerprint density at radius 3 is 2.68 bits per heavy atom. The predicted molar refractivity (Wildman–Crippen MR) is 142 cm³/mol. The summed E-state index contributed by atoms with van der Waals surface area (Å²) in [6, 6.07) is 10.2. The molecule has 0 spiro atoms. The van der Waals surface area contributed by atoms with Gasteiger partial charge in [-0.25, -0.2) is 9.79 Å². The molecule has 0 amide bonds. The van der Waals surface area contributed by atoms with Crippen LogP contribution in [-0.2, 0) is 9.53 Å². The van der Waals surface area contributed by atoms with Crippen LogP contribution in [0.4, 0.5) is 0 Å². The first kappa shape index (κ1) is 24.7. The fourth-order valence-corrected chi connectivity index (χ4v) is 5.67. The molecule has 1 aliphatic rings. The smallest absolute Gasteiger partial charge is 0.338 e. The lowest BCUT2D eigenvalue weighted by molar-refractivity contribution is -0.139. The Labute approximate surface area is 221 Å². The summed E-state index contributed by atoms with van der Waals surface area (Å²) in [5.41, 5.74) is 2.05. The Morgan fingerprint density at radius 1 is 1.32 bits per heavy atom. The van der Waals surface area contributed by atoms with Crippen LogP contribution < -0.4 is 19.6 Å². The Bertz CT molecular complexity index is 1490. The number of nitrogens with zero attached hydrogens (tertiary/aromatic N) is 2. The first-order valence-corrected chi connectivity index (χ1v) is 13.0. The van der Waals surface area contributed by atoms with E-state index >= 15 is 0 Å². The van der Waals surface area contributed by atoms with Gasteiger partial charge in [0, 0.05) is 4.47 Å². The zero-order valence-corrected chi connectivity index (χ0v) is 23.0. The van der Waals surface area contributed by atoms with Gasteiger partial charge in [0.25, 0.3) is 5.56 Å². The number of phenolic OH excluding ortho intramolecular Hbond substituents is 1. The highest BCUT2D eigenvalue weighted by Crippen LogP contribution is 2.33. The Hall–Kier alpha value is -2.44. The largest absolute Gasteiger partial charge is 0.504 e. The molecule has 0 saturated heterocycles. The van der Waals surface area contributed by atoms with Crippen LogP contribution in [0.1, 0.15) is 31.0 Å². The predicted octanol–water partition coefficient (Wildman–Crippen LogP) is 3.88. The molecule has 1 N–H and O–H groups in total. The van der Waals surface area contributed by atoms with Crippen molar-refractivity contribution in [3.63, 3.8) is 0 Å². The maximum Gasteiger partial charge on any atom is 0.338 e. The number of carbonyl (C=O) groups is 1.